The second-order valence-corrected chi connectivity index (χ2v) is 9.78. The highest BCUT2D eigenvalue weighted by molar-refractivity contribution is 7.91. The molecule has 27 heavy (non-hydrogen) atoms. The minimum absolute atomic E-state index is 0.0515. The number of benzene rings is 1. The smallest absolute Gasteiger partial charge is 0.254 e. The molecule has 2 fully saturated rings. The summed E-state index contributed by atoms with van der Waals surface area (Å²) in [6, 6.07) is 7.50. The Kier molecular flexibility index (Phi) is 4.76. The van der Waals surface area contributed by atoms with Crippen molar-refractivity contribution in [2.45, 2.75) is 38.9 Å². The quantitative estimate of drug-likeness (QED) is 0.802. The van der Waals surface area contributed by atoms with Gasteiger partial charge >= 0.3 is 0 Å². The molecule has 1 aromatic heterocycles. The molecule has 0 bridgehead atoms. The van der Waals surface area contributed by atoms with Crippen LogP contribution >= 0.6 is 0 Å². The van der Waals surface area contributed by atoms with Crippen LogP contribution in [0.2, 0.25) is 0 Å². The lowest BCUT2D eigenvalue weighted by atomic mass is 10.0. The first kappa shape index (κ1) is 18.5. The van der Waals surface area contributed by atoms with Crippen LogP contribution < -0.4 is 0 Å². The van der Waals surface area contributed by atoms with E-state index < -0.39 is 9.84 Å². The second-order valence-electron chi connectivity index (χ2n) is 7.62. The second kappa shape index (κ2) is 6.95. The van der Waals surface area contributed by atoms with Gasteiger partial charge in [-0.25, -0.2) is 8.42 Å². The summed E-state index contributed by atoms with van der Waals surface area (Å²) in [7, 11) is -3.10. The average Bonchev–Trinajstić information content (AvgIpc) is 3.20. The van der Waals surface area contributed by atoms with Crippen LogP contribution in [0, 0.1) is 0 Å². The van der Waals surface area contributed by atoms with Gasteiger partial charge in [0, 0.05) is 48.3 Å². The molecule has 2 saturated heterocycles. The van der Waals surface area contributed by atoms with E-state index >= 15 is 0 Å². The number of hydrogen-bond donors (Lipinski definition) is 0. The summed E-state index contributed by atoms with van der Waals surface area (Å²) in [4.78, 5) is 17.3. The number of aryl methyl sites for hydroxylation is 1. The molecule has 0 spiro atoms. The maximum absolute atomic E-state index is 13.2. The van der Waals surface area contributed by atoms with Crippen LogP contribution in [0.1, 0.15) is 30.6 Å². The van der Waals surface area contributed by atoms with Crippen LogP contribution in [0.3, 0.4) is 0 Å². The van der Waals surface area contributed by atoms with Gasteiger partial charge in [0.05, 0.1) is 17.5 Å². The fourth-order valence-corrected chi connectivity index (χ4v) is 6.63. The lowest BCUT2D eigenvalue weighted by Gasteiger charge is -2.44. The molecule has 0 radical (unpaired) electrons. The standard InChI is InChI=1S/C20H27N3O3S/c1-3-8-22-10-11-23(19-14-27(25,26)13-18(19)22)20(24)16-5-6-17-15(12-16)7-9-21(17)4-2/h5-7,9,12,18-19H,3-4,8,10-11,13-14H2,1-2H3. The summed E-state index contributed by atoms with van der Waals surface area (Å²) in [6.45, 7) is 7.30. The molecule has 2 unspecified atom stereocenters. The first-order chi connectivity index (χ1) is 12.9. The molecule has 6 nitrogen and oxygen atoms in total. The van der Waals surface area contributed by atoms with Crippen LogP contribution in [-0.4, -0.2) is 71.9 Å². The van der Waals surface area contributed by atoms with Gasteiger partial charge in [-0.3, -0.25) is 9.69 Å². The van der Waals surface area contributed by atoms with Crippen molar-refractivity contribution < 1.29 is 13.2 Å². The first-order valence-electron chi connectivity index (χ1n) is 9.78. The highest BCUT2D eigenvalue weighted by Crippen LogP contribution is 2.29. The number of sulfone groups is 1. The summed E-state index contributed by atoms with van der Waals surface area (Å²) < 4.78 is 26.7. The Morgan fingerprint density at radius 3 is 2.63 bits per heavy atom. The zero-order valence-electron chi connectivity index (χ0n) is 16.0. The third-order valence-corrected chi connectivity index (χ3v) is 7.62. The number of carbonyl (C=O) groups excluding carboxylic acids is 1. The van der Waals surface area contributed by atoms with Crippen molar-refractivity contribution in [3.63, 3.8) is 0 Å². The summed E-state index contributed by atoms with van der Waals surface area (Å²) in [5.41, 5.74) is 1.76. The molecule has 0 saturated carbocycles. The van der Waals surface area contributed by atoms with Crippen molar-refractivity contribution in [3.05, 3.63) is 36.0 Å². The number of aromatic nitrogens is 1. The van der Waals surface area contributed by atoms with Gasteiger partial charge in [-0.05, 0) is 44.2 Å². The number of carbonyl (C=O) groups is 1. The summed E-state index contributed by atoms with van der Waals surface area (Å²) in [5.74, 6) is 0.196. The average molecular weight is 390 g/mol. The third kappa shape index (κ3) is 3.27. The Balaban J connectivity index is 1.63. The van der Waals surface area contributed by atoms with Gasteiger partial charge in [-0.2, -0.15) is 0 Å². The number of hydrogen-bond acceptors (Lipinski definition) is 4. The van der Waals surface area contributed by atoms with Crippen LogP contribution in [-0.2, 0) is 16.4 Å². The van der Waals surface area contributed by atoms with Crippen LogP contribution in [0.15, 0.2) is 30.5 Å². The van der Waals surface area contributed by atoms with Crippen molar-refractivity contribution >= 4 is 26.6 Å². The molecule has 1 amide bonds. The molecule has 4 rings (SSSR count). The number of nitrogens with zero attached hydrogens (tertiary/aromatic N) is 3. The lowest BCUT2D eigenvalue weighted by molar-refractivity contribution is 0.0333. The third-order valence-electron chi connectivity index (χ3n) is 5.92. The minimum Gasteiger partial charge on any atom is -0.348 e. The number of rotatable bonds is 4. The Labute approximate surface area is 160 Å². The molecule has 0 aliphatic carbocycles. The minimum atomic E-state index is -3.10. The number of piperazine rings is 1. The number of fused-ring (bicyclic) bond motifs is 2. The highest BCUT2D eigenvalue weighted by Gasteiger charge is 2.47. The van der Waals surface area contributed by atoms with Gasteiger partial charge in [0.1, 0.15) is 0 Å². The predicted molar refractivity (Wildman–Crippen MR) is 107 cm³/mol. The summed E-state index contributed by atoms with van der Waals surface area (Å²) >= 11 is 0. The van der Waals surface area contributed by atoms with Gasteiger partial charge in [0.2, 0.25) is 0 Å². The predicted octanol–water partition coefficient (Wildman–Crippen LogP) is 1.99. The van der Waals surface area contributed by atoms with E-state index in [2.05, 4.69) is 23.3 Å². The molecule has 1 aromatic carbocycles. The zero-order chi connectivity index (χ0) is 19.2. The maximum Gasteiger partial charge on any atom is 0.254 e. The van der Waals surface area contributed by atoms with Crippen LogP contribution in [0.25, 0.3) is 10.9 Å². The van der Waals surface area contributed by atoms with Crippen molar-refractivity contribution in [3.8, 4) is 0 Å². The molecular formula is C20H27N3O3S. The van der Waals surface area contributed by atoms with E-state index in [9.17, 15) is 13.2 Å². The fraction of sp³-hybridized carbons (Fsp3) is 0.550. The van der Waals surface area contributed by atoms with E-state index in [4.69, 9.17) is 0 Å². The van der Waals surface area contributed by atoms with E-state index in [0.29, 0.717) is 12.1 Å². The first-order valence-corrected chi connectivity index (χ1v) is 11.6. The van der Waals surface area contributed by atoms with Crippen LogP contribution in [0.4, 0.5) is 0 Å². The van der Waals surface area contributed by atoms with E-state index in [1.807, 2.05) is 30.5 Å². The normalized spacial score (nSPS) is 25.0. The molecule has 2 aromatic rings. The van der Waals surface area contributed by atoms with E-state index in [-0.39, 0.29) is 29.5 Å². The topological polar surface area (TPSA) is 62.6 Å². The van der Waals surface area contributed by atoms with Gasteiger partial charge in [-0.15, -0.1) is 0 Å². The van der Waals surface area contributed by atoms with E-state index in [1.165, 1.54) is 0 Å². The van der Waals surface area contributed by atoms with Crippen LogP contribution in [0.5, 0.6) is 0 Å². The Hall–Kier alpha value is -1.86. The maximum atomic E-state index is 13.2. The fourth-order valence-electron chi connectivity index (χ4n) is 4.62. The van der Waals surface area contributed by atoms with Gasteiger partial charge in [0.25, 0.3) is 5.91 Å². The van der Waals surface area contributed by atoms with Gasteiger partial charge in [0.15, 0.2) is 9.84 Å². The highest BCUT2D eigenvalue weighted by atomic mass is 32.2. The molecule has 2 atom stereocenters. The zero-order valence-corrected chi connectivity index (χ0v) is 16.8. The molecule has 3 heterocycles. The van der Waals surface area contributed by atoms with E-state index in [1.54, 1.807) is 4.90 Å². The largest absolute Gasteiger partial charge is 0.348 e. The molecule has 146 valence electrons. The van der Waals surface area contributed by atoms with Crippen molar-refractivity contribution in [1.29, 1.82) is 0 Å². The molecular weight excluding hydrogens is 362 g/mol. The van der Waals surface area contributed by atoms with Gasteiger partial charge in [-0.1, -0.05) is 6.92 Å². The molecule has 2 aliphatic rings. The molecule has 7 heteroatoms. The number of amides is 1. The Morgan fingerprint density at radius 2 is 1.89 bits per heavy atom. The Morgan fingerprint density at radius 1 is 1.11 bits per heavy atom. The molecule has 0 N–H and O–H groups in total. The van der Waals surface area contributed by atoms with Gasteiger partial charge < -0.3 is 9.47 Å². The summed E-state index contributed by atoms with van der Waals surface area (Å²) in [5, 5.41) is 1.04. The Bertz CT molecular complexity index is 966. The van der Waals surface area contributed by atoms with Crippen molar-refractivity contribution in [1.82, 2.24) is 14.4 Å². The molecule has 2 aliphatic heterocycles. The monoisotopic (exact) mass is 389 g/mol. The van der Waals surface area contributed by atoms with Crippen molar-refractivity contribution in [2.24, 2.45) is 0 Å². The SMILES string of the molecule is CCCN1CCN(C(=O)c2ccc3c(ccn3CC)c2)C2CS(=O)(=O)CC21. The lowest BCUT2D eigenvalue weighted by Crippen LogP contribution is -2.60. The van der Waals surface area contributed by atoms with E-state index in [0.717, 1.165) is 37.0 Å². The summed E-state index contributed by atoms with van der Waals surface area (Å²) in [6.07, 6.45) is 3.02. The van der Waals surface area contributed by atoms with Crippen molar-refractivity contribution in [2.75, 3.05) is 31.1 Å².